The number of amides is 1. The zero-order valence-corrected chi connectivity index (χ0v) is 8.92. The molecular weight excluding hydrogens is 194 g/mol. The van der Waals surface area contributed by atoms with Crippen molar-refractivity contribution in [3.8, 4) is 0 Å². The number of aromatic nitrogens is 3. The standard InChI is InChI=1S/C9H15N5O/c1-6-11-7(14-13-6)8(15)12-9(2)3-4-10-5-9/h10H,3-5H2,1-2H3,(H,12,15)(H,11,13,14). The molecule has 1 aromatic rings. The highest BCUT2D eigenvalue weighted by Gasteiger charge is 2.31. The fourth-order valence-electron chi connectivity index (χ4n) is 1.70. The van der Waals surface area contributed by atoms with Gasteiger partial charge in [-0.2, -0.15) is 0 Å². The molecule has 1 atom stereocenters. The Balaban J connectivity index is 2.03. The maximum Gasteiger partial charge on any atom is 0.291 e. The van der Waals surface area contributed by atoms with Crippen LogP contribution in [0.5, 0.6) is 0 Å². The second kappa shape index (κ2) is 3.62. The van der Waals surface area contributed by atoms with E-state index in [0.29, 0.717) is 5.82 Å². The summed E-state index contributed by atoms with van der Waals surface area (Å²) in [6.07, 6.45) is 0.933. The van der Waals surface area contributed by atoms with Crippen molar-refractivity contribution in [2.75, 3.05) is 13.1 Å². The van der Waals surface area contributed by atoms with Gasteiger partial charge in [-0.3, -0.25) is 9.89 Å². The highest BCUT2D eigenvalue weighted by atomic mass is 16.2. The van der Waals surface area contributed by atoms with Gasteiger partial charge >= 0.3 is 0 Å². The number of H-pyrrole nitrogens is 1. The number of carbonyl (C=O) groups excluding carboxylic acids is 1. The summed E-state index contributed by atoms with van der Waals surface area (Å²) < 4.78 is 0. The number of aromatic amines is 1. The molecule has 0 saturated carbocycles. The van der Waals surface area contributed by atoms with Crippen LogP contribution in [0.1, 0.15) is 29.8 Å². The van der Waals surface area contributed by atoms with Gasteiger partial charge in [-0.1, -0.05) is 0 Å². The number of nitrogens with one attached hydrogen (secondary N) is 3. The first-order chi connectivity index (χ1) is 7.09. The maximum atomic E-state index is 11.7. The molecule has 6 nitrogen and oxygen atoms in total. The summed E-state index contributed by atoms with van der Waals surface area (Å²) >= 11 is 0. The Morgan fingerprint density at radius 2 is 2.40 bits per heavy atom. The van der Waals surface area contributed by atoms with Crippen LogP contribution in [0.3, 0.4) is 0 Å². The van der Waals surface area contributed by atoms with Crippen LogP contribution in [0.25, 0.3) is 0 Å². The van der Waals surface area contributed by atoms with Gasteiger partial charge in [-0.25, -0.2) is 4.98 Å². The van der Waals surface area contributed by atoms with E-state index in [1.807, 2.05) is 6.92 Å². The number of hydrogen-bond donors (Lipinski definition) is 3. The van der Waals surface area contributed by atoms with Crippen molar-refractivity contribution < 1.29 is 4.79 Å². The molecule has 1 aliphatic rings. The van der Waals surface area contributed by atoms with Crippen LogP contribution >= 0.6 is 0 Å². The fourth-order valence-corrected chi connectivity index (χ4v) is 1.70. The number of carbonyl (C=O) groups is 1. The molecule has 0 spiro atoms. The Morgan fingerprint density at radius 1 is 1.60 bits per heavy atom. The van der Waals surface area contributed by atoms with E-state index in [1.165, 1.54) is 0 Å². The van der Waals surface area contributed by atoms with Crippen LogP contribution in [0.4, 0.5) is 0 Å². The Kier molecular flexibility index (Phi) is 2.44. The third-order valence-corrected chi connectivity index (χ3v) is 2.58. The van der Waals surface area contributed by atoms with E-state index in [2.05, 4.69) is 25.8 Å². The Labute approximate surface area is 87.9 Å². The number of nitrogens with zero attached hydrogens (tertiary/aromatic N) is 2. The molecule has 1 unspecified atom stereocenters. The van der Waals surface area contributed by atoms with Crippen molar-refractivity contribution in [2.24, 2.45) is 0 Å². The van der Waals surface area contributed by atoms with E-state index >= 15 is 0 Å². The summed E-state index contributed by atoms with van der Waals surface area (Å²) in [4.78, 5) is 15.7. The molecule has 82 valence electrons. The second-order valence-corrected chi connectivity index (χ2v) is 4.19. The van der Waals surface area contributed by atoms with Crippen LogP contribution in [0.2, 0.25) is 0 Å². The third-order valence-electron chi connectivity index (χ3n) is 2.58. The molecule has 0 aliphatic carbocycles. The summed E-state index contributed by atoms with van der Waals surface area (Å²) in [5, 5.41) is 12.6. The lowest BCUT2D eigenvalue weighted by Gasteiger charge is -2.23. The lowest BCUT2D eigenvalue weighted by Crippen LogP contribution is -2.47. The van der Waals surface area contributed by atoms with Crippen LogP contribution in [0, 0.1) is 6.92 Å². The van der Waals surface area contributed by atoms with Crippen LogP contribution in [0.15, 0.2) is 0 Å². The fraction of sp³-hybridized carbons (Fsp3) is 0.667. The smallest absolute Gasteiger partial charge is 0.291 e. The third kappa shape index (κ3) is 2.15. The highest BCUT2D eigenvalue weighted by Crippen LogP contribution is 2.13. The van der Waals surface area contributed by atoms with Crippen LogP contribution < -0.4 is 10.6 Å². The molecule has 0 bridgehead atoms. The Bertz CT molecular complexity index is 366. The van der Waals surface area contributed by atoms with Crippen LogP contribution in [-0.4, -0.2) is 39.7 Å². The zero-order chi connectivity index (χ0) is 10.9. The maximum absolute atomic E-state index is 11.7. The lowest BCUT2D eigenvalue weighted by atomic mass is 10.0. The SMILES string of the molecule is Cc1nc(C(=O)NC2(C)CCNC2)n[nH]1. The van der Waals surface area contributed by atoms with E-state index in [4.69, 9.17) is 0 Å². The molecule has 15 heavy (non-hydrogen) atoms. The molecule has 1 aromatic heterocycles. The van der Waals surface area contributed by atoms with Crippen molar-refractivity contribution >= 4 is 5.91 Å². The van der Waals surface area contributed by atoms with Crippen molar-refractivity contribution in [1.29, 1.82) is 0 Å². The van der Waals surface area contributed by atoms with Gasteiger partial charge in [0.25, 0.3) is 5.91 Å². The summed E-state index contributed by atoms with van der Waals surface area (Å²) in [6, 6.07) is 0. The Hall–Kier alpha value is -1.43. The van der Waals surface area contributed by atoms with E-state index in [9.17, 15) is 4.79 Å². The molecule has 0 radical (unpaired) electrons. The van der Waals surface area contributed by atoms with Gasteiger partial charge in [0.05, 0.1) is 5.54 Å². The highest BCUT2D eigenvalue weighted by molar-refractivity contribution is 5.90. The second-order valence-electron chi connectivity index (χ2n) is 4.19. The molecule has 1 aliphatic heterocycles. The average Bonchev–Trinajstić information content (AvgIpc) is 2.75. The van der Waals surface area contributed by atoms with E-state index in [1.54, 1.807) is 6.92 Å². The van der Waals surface area contributed by atoms with Gasteiger partial charge in [0.15, 0.2) is 0 Å². The summed E-state index contributed by atoms with van der Waals surface area (Å²) in [5.41, 5.74) is -0.175. The largest absolute Gasteiger partial charge is 0.343 e. The van der Waals surface area contributed by atoms with Gasteiger partial charge in [0.1, 0.15) is 5.82 Å². The molecule has 0 aromatic carbocycles. The lowest BCUT2D eigenvalue weighted by molar-refractivity contribution is 0.0902. The molecule has 6 heteroatoms. The van der Waals surface area contributed by atoms with Gasteiger partial charge in [-0.15, -0.1) is 5.10 Å². The average molecular weight is 209 g/mol. The van der Waals surface area contributed by atoms with Gasteiger partial charge in [0.2, 0.25) is 5.82 Å². The molecular formula is C9H15N5O. The minimum Gasteiger partial charge on any atom is -0.343 e. The van der Waals surface area contributed by atoms with Crippen molar-refractivity contribution in [3.05, 3.63) is 11.6 Å². The monoisotopic (exact) mass is 209 g/mol. The minimum absolute atomic E-state index is 0.175. The van der Waals surface area contributed by atoms with Gasteiger partial charge < -0.3 is 10.6 Å². The predicted octanol–water partition coefficient (Wildman–Crippen LogP) is -0.405. The normalized spacial score (nSPS) is 25.5. The number of hydrogen-bond acceptors (Lipinski definition) is 4. The first-order valence-electron chi connectivity index (χ1n) is 5.01. The number of rotatable bonds is 2. The van der Waals surface area contributed by atoms with Gasteiger partial charge in [0, 0.05) is 6.54 Å². The topological polar surface area (TPSA) is 82.7 Å². The number of aryl methyl sites for hydroxylation is 1. The summed E-state index contributed by atoms with van der Waals surface area (Å²) in [7, 11) is 0. The quantitative estimate of drug-likeness (QED) is 0.618. The molecule has 2 heterocycles. The summed E-state index contributed by atoms with van der Waals surface area (Å²) in [6.45, 7) is 5.51. The molecule has 1 fully saturated rings. The molecule has 1 amide bonds. The van der Waals surface area contributed by atoms with Crippen LogP contribution in [-0.2, 0) is 0 Å². The predicted molar refractivity (Wildman–Crippen MR) is 54.5 cm³/mol. The van der Waals surface area contributed by atoms with Crippen molar-refractivity contribution in [1.82, 2.24) is 25.8 Å². The van der Waals surface area contributed by atoms with E-state index < -0.39 is 0 Å². The molecule has 2 rings (SSSR count). The molecule has 1 saturated heterocycles. The first kappa shape index (κ1) is 10.1. The first-order valence-corrected chi connectivity index (χ1v) is 5.01. The Morgan fingerprint density at radius 3 is 2.93 bits per heavy atom. The van der Waals surface area contributed by atoms with E-state index in [0.717, 1.165) is 19.5 Å². The van der Waals surface area contributed by atoms with E-state index in [-0.39, 0.29) is 17.3 Å². The minimum atomic E-state index is -0.217. The van der Waals surface area contributed by atoms with Gasteiger partial charge in [-0.05, 0) is 26.8 Å². The van der Waals surface area contributed by atoms with Crippen molar-refractivity contribution in [3.63, 3.8) is 0 Å². The zero-order valence-electron chi connectivity index (χ0n) is 8.92. The summed E-state index contributed by atoms with van der Waals surface area (Å²) in [5.74, 6) is 0.640. The molecule has 3 N–H and O–H groups in total. The van der Waals surface area contributed by atoms with Crippen molar-refractivity contribution in [2.45, 2.75) is 25.8 Å².